The first-order valence-corrected chi connectivity index (χ1v) is 11.5. The van der Waals surface area contributed by atoms with Crippen molar-refractivity contribution in [2.24, 2.45) is 5.10 Å². The SMILES string of the molecule is O=C(Nc1ccc(Br)cc1C(=O)N/N=C/c1ccc(F)cc1)c1cccc(C(S)c2ncn[nH]2)c1. The van der Waals surface area contributed by atoms with Crippen molar-refractivity contribution in [1.82, 2.24) is 20.6 Å². The van der Waals surface area contributed by atoms with Gasteiger partial charge in [0.1, 0.15) is 18.0 Å². The summed E-state index contributed by atoms with van der Waals surface area (Å²) in [6.45, 7) is 0. The minimum absolute atomic E-state index is 0.203. The first-order valence-electron chi connectivity index (χ1n) is 10.2. The number of hydrogen-bond donors (Lipinski definition) is 4. The maximum Gasteiger partial charge on any atom is 0.273 e. The number of nitrogens with one attached hydrogen (secondary N) is 3. The number of hydrazone groups is 1. The van der Waals surface area contributed by atoms with Gasteiger partial charge < -0.3 is 5.32 Å². The van der Waals surface area contributed by atoms with Gasteiger partial charge in [-0.25, -0.2) is 14.8 Å². The van der Waals surface area contributed by atoms with E-state index in [0.29, 0.717) is 27.1 Å². The van der Waals surface area contributed by atoms with Gasteiger partial charge in [0, 0.05) is 10.0 Å². The molecule has 2 amide bonds. The Balaban J connectivity index is 1.50. The number of benzene rings is 3. The fourth-order valence-corrected chi connectivity index (χ4v) is 3.78. The van der Waals surface area contributed by atoms with Crippen molar-refractivity contribution in [3.8, 4) is 0 Å². The highest BCUT2D eigenvalue weighted by atomic mass is 79.9. The lowest BCUT2D eigenvalue weighted by molar-refractivity contribution is 0.0956. The highest BCUT2D eigenvalue weighted by Crippen LogP contribution is 2.27. The summed E-state index contributed by atoms with van der Waals surface area (Å²) in [5.41, 5.74) is 4.67. The van der Waals surface area contributed by atoms with Crippen molar-refractivity contribution in [2.45, 2.75) is 5.25 Å². The van der Waals surface area contributed by atoms with Crippen LogP contribution in [0.2, 0.25) is 0 Å². The molecule has 1 heterocycles. The second-order valence-electron chi connectivity index (χ2n) is 7.29. The van der Waals surface area contributed by atoms with Gasteiger partial charge in [-0.15, -0.1) is 0 Å². The maximum atomic E-state index is 13.0. The molecule has 0 aliphatic heterocycles. The molecule has 0 saturated heterocycles. The van der Waals surface area contributed by atoms with Gasteiger partial charge in [0.05, 0.1) is 22.7 Å². The molecule has 176 valence electrons. The van der Waals surface area contributed by atoms with Crippen molar-refractivity contribution < 1.29 is 14.0 Å². The number of amides is 2. The zero-order chi connectivity index (χ0) is 24.8. The maximum absolute atomic E-state index is 13.0. The Hall–Kier alpha value is -3.83. The van der Waals surface area contributed by atoms with Gasteiger partial charge in [0.2, 0.25) is 0 Å². The van der Waals surface area contributed by atoms with E-state index in [1.807, 2.05) is 6.07 Å². The summed E-state index contributed by atoms with van der Waals surface area (Å²) in [5, 5.41) is 12.9. The van der Waals surface area contributed by atoms with E-state index in [1.54, 1.807) is 36.4 Å². The molecule has 1 aromatic heterocycles. The molecule has 0 bridgehead atoms. The van der Waals surface area contributed by atoms with Crippen LogP contribution in [0.3, 0.4) is 0 Å². The van der Waals surface area contributed by atoms with E-state index in [2.05, 4.69) is 59.6 Å². The number of halogens is 2. The number of carbonyl (C=O) groups is 2. The van der Waals surface area contributed by atoms with Crippen LogP contribution in [0.4, 0.5) is 10.1 Å². The summed E-state index contributed by atoms with van der Waals surface area (Å²) in [5.74, 6) is -0.751. The second kappa shape index (κ2) is 11.1. The lowest BCUT2D eigenvalue weighted by atomic mass is 10.1. The number of thiol groups is 1. The summed E-state index contributed by atoms with van der Waals surface area (Å²) in [7, 11) is 0. The van der Waals surface area contributed by atoms with Crippen LogP contribution in [-0.2, 0) is 0 Å². The third-order valence-corrected chi connectivity index (χ3v) is 5.92. The molecule has 0 fully saturated rings. The van der Waals surface area contributed by atoms with Gasteiger partial charge in [-0.3, -0.25) is 14.7 Å². The standard InChI is InChI=1S/C24H18BrFN6O2S/c25-17-6-9-20(19(11-17)24(34)32-28-12-14-4-7-18(26)8-5-14)30-23(33)16-3-1-2-15(10-16)21(35)22-27-13-29-31-22/h1-13,21,35H,(H,30,33)(H,32,34)(H,27,29,31)/b28-12+. The van der Waals surface area contributed by atoms with Gasteiger partial charge in [-0.2, -0.15) is 22.8 Å². The molecule has 8 nitrogen and oxygen atoms in total. The fourth-order valence-electron chi connectivity index (χ4n) is 3.14. The van der Waals surface area contributed by atoms with E-state index < -0.39 is 17.1 Å². The zero-order valence-electron chi connectivity index (χ0n) is 17.9. The molecule has 0 aliphatic rings. The number of carbonyl (C=O) groups excluding carboxylic acids is 2. The summed E-state index contributed by atoms with van der Waals surface area (Å²) in [6.07, 6.45) is 2.78. The van der Waals surface area contributed by atoms with Crippen LogP contribution in [0.15, 0.2) is 82.6 Å². The summed E-state index contributed by atoms with van der Waals surface area (Å²) in [4.78, 5) is 29.9. The fraction of sp³-hybridized carbons (Fsp3) is 0.0417. The Labute approximate surface area is 213 Å². The van der Waals surface area contributed by atoms with E-state index in [-0.39, 0.29) is 11.4 Å². The summed E-state index contributed by atoms with van der Waals surface area (Å²) in [6, 6.07) is 17.5. The largest absolute Gasteiger partial charge is 0.321 e. The van der Waals surface area contributed by atoms with Crippen molar-refractivity contribution in [2.75, 3.05) is 5.32 Å². The van der Waals surface area contributed by atoms with Crippen LogP contribution >= 0.6 is 28.6 Å². The van der Waals surface area contributed by atoms with Crippen LogP contribution in [0.5, 0.6) is 0 Å². The Kier molecular flexibility index (Phi) is 7.68. The van der Waals surface area contributed by atoms with Crippen LogP contribution in [-0.4, -0.2) is 33.2 Å². The highest BCUT2D eigenvalue weighted by Gasteiger charge is 2.17. The summed E-state index contributed by atoms with van der Waals surface area (Å²) < 4.78 is 13.7. The smallest absolute Gasteiger partial charge is 0.273 e. The molecule has 1 unspecified atom stereocenters. The summed E-state index contributed by atoms with van der Waals surface area (Å²) >= 11 is 7.90. The molecule has 1 atom stereocenters. The number of hydrogen-bond acceptors (Lipinski definition) is 6. The number of anilines is 1. The lowest BCUT2D eigenvalue weighted by Gasteiger charge is -2.13. The van der Waals surface area contributed by atoms with Crippen molar-refractivity contribution in [3.05, 3.63) is 111 Å². The van der Waals surface area contributed by atoms with Crippen LogP contribution < -0.4 is 10.7 Å². The van der Waals surface area contributed by atoms with E-state index >= 15 is 0 Å². The predicted octanol–water partition coefficient (Wildman–Crippen LogP) is 4.74. The van der Waals surface area contributed by atoms with Gasteiger partial charge in [0.25, 0.3) is 11.8 Å². The number of aromatic nitrogens is 3. The van der Waals surface area contributed by atoms with Crippen LogP contribution in [0.25, 0.3) is 0 Å². The van der Waals surface area contributed by atoms with E-state index in [1.165, 1.54) is 36.8 Å². The Morgan fingerprint density at radius 2 is 1.89 bits per heavy atom. The molecule has 4 rings (SSSR count). The molecule has 0 aliphatic carbocycles. The third kappa shape index (κ3) is 6.19. The van der Waals surface area contributed by atoms with Crippen molar-refractivity contribution >= 4 is 52.3 Å². The minimum Gasteiger partial charge on any atom is -0.321 e. The molecule has 3 N–H and O–H groups in total. The van der Waals surface area contributed by atoms with Crippen molar-refractivity contribution in [1.29, 1.82) is 0 Å². The molecule has 0 radical (unpaired) electrons. The second-order valence-corrected chi connectivity index (χ2v) is 8.73. The lowest BCUT2D eigenvalue weighted by Crippen LogP contribution is -2.21. The molecule has 3 aromatic carbocycles. The molecule has 0 spiro atoms. The normalized spacial score (nSPS) is 11.9. The van der Waals surface area contributed by atoms with Gasteiger partial charge in [0.15, 0.2) is 0 Å². The van der Waals surface area contributed by atoms with E-state index in [0.717, 1.165) is 5.56 Å². The molecule has 0 saturated carbocycles. The molecule has 35 heavy (non-hydrogen) atoms. The third-order valence-electron chi connectivity index (χ3n) is 4.88. The van der Waals surface area contributed by atoms with Crippen LogP contribution in [0.1, 0.15) is 42.9 Å². The quantitative estimate of drug-likeness (QED) is 0.151. The number of rotatable bonds is 7. The van der Waals surface area contributed by atoms with E-state index in [9.17, 15) is 14.0 Å². The van der Waals surface area contributed by atoms with Crippen LogP contribution in [0, 0.1) is 5.82 Å². The number of nitrogens with zero attached hydrogens (tertiary/aromatic N) is 3. The average molecular weight is 553 g/mol. The Morgan fingerprint density at radius 1 is 1.09 bits per heavy atom. The predicted molar refractivity (Wildman–Crippen MR) is 137 cm³/mol. The average Bonchev–Trinajstić information content (AvgIpc) is 3.41. The topological polar surface area (TPSA) is 112 Å². The van der Waals surface area contributed by atoms with Gasteiger partial charge in [-0.1, -0.05) is 40.2 Å². The highest BCUT2D eigenvalue weighted by molar-refractivity contribution is 9.10. The van der Waals surface area contributed by atoms with Gasteiger partial charge >= 0.3 is 0 Å². The Bertz CT molecular complexity index is 1380. The first-order chi connectivity index (χ1) is 16.9. The van der Waals surface area contributed by atoms with Crippen molar-refractivity contribution in [3.63, 3.8) is 0 Å². The monoisotopic (exact) mass is 552 g/mol. The molecular weight excluding hydrogens is 535 g/mol. The Morgan fingerprint density at radius 3 is 2.63 bits per heavy atom. The molecule has 11 heteroatoms. The van der Waals surface area contributed by atoms with Gasteiger partial charge in [-0.05, 0) is 53.6 Å². The molecule has 4 aromatic rings. The number of H-pyrrole nitrogens is 1. The van der Waals surface area contributed by atoms with E-state index in [4.69, 9.17) is 0 Å². The molecular formula is C24H18BrFN6O2S. The number of aromatic amines is 1. The minimum atomic E-state index is -0.533. The first kappa shape index (κ1) is 24.3. The zero-order valence-corrected chi connectivity index (χ0v) is 20.4.